The van der Waals surface area contributed by atoms with Gasteiger partial charge in [-0.2, -0.15) is 17.5 Å². The van der Waals surface area contributed by atoms with E-state index in [1.807, 2.05) is 4.90 Å². The van der Waals surface area contributed by atoms with Crippen LogP contribution in [-0.2, 0) is 15.6 Å². The average molecular weight is 587 g/mol. The third-order valence-corrected chi connectivity index (χ3v) is 10.2. The number of anilines is 1. The maximum absolute atomic E-state index is 14.3. The fourth-order valence-electron chi connectivity index (χ4n) is 4.23. The summed E-state index contributed by atoms with van der Waals surface area (Å²) < 4.78 is 82.4. The van der Waals surface area contributed by atoms with Crippen LogP contribution < -0.4 is 4.90 Å². The molecule has 12 heteroatoms. The molecule has 1 aliphatic rings. The van der Waals surface area contributed by atoms with E-state index < -0.39 is 33.7 Å². The molecule has 0 saturated carbocycles. The molecule has 1 heterocycles. The molecule has 1 fully saturated rings. The minimum absolute atomic E-state index is 0.0773. The molecule has 0 aromatic heterocycles. The minimum Gasteiger partial charge on any atom is -0.376 e. The summed E-state index contributed by atoms with van der Waals surface area (Å²) in [4.78, 5) is 2.71. The maximum atomic E-state index is 14.3. The van der Waals surface area contributed by atoms with Gasteiger partial charge in [0.15, 0.2) is 5.60 Å². The summed E-state index contributed by atoms with van der Waals surface area (Å²) in [6.07, 6.45) is -4.85. The Bertz CT molecular complexity index is 1380. The molecule has 1 unspecified atom stereocenters. The molecule has 5 nitrogen and oxygen atoms in total. The summed E-state index contributed by atoms with van der Waals surface area (Å²) in [5.41, 5.74) is -2.76. The Morgan fingerprint density at radius 1 is 1.00 bits per heavy atom. The lowest BCUT2D eigenvalue weighted by Gasteiger charge is -2.42. The van der Waals surface area contributed by atoms with Crippen molar-refractivity contribution in [3.63, 3.8) is 0 Å². The van der Waals surface area contributed by atoms with E-state index in [0.717, 1.165) is 0 Å². The zero-order chi connectivity index (χ0) is 27.7. The van der Waals surface area contributed by atoms with E-state index in [2.05, 4.69) is 12.6 Å². The molecule has 1 N–H and O–H groups in total. The van der Waals surface area contributed by atoms with Crippen molar-refractivity contribution in [3.8, 4) is 0 Å². The van der Waals surface area contributed by atoms with E-state index in [1.165, 1.54) is 52.5 Å². The van der Waals surface area contributed by atoms with Gasteiger partial charge in [-0.15, -0.1) is 24.4 Å². The van der Waals surface area contributed by atoms with Crippen molar-refractivity contribution < 1.29 is 31.1 Å². The Hall–Kier alpha value is -2.25. The van der Waals surface area contributed by atoms with E-state index >= 15 is 0 Å². The fourth-order valence-corrected chi connectivity index (χ4v) is 7.33. The van der Waals surface area contributed by atoms with Gasteiger partial charge in [0.25, 0.3) is 0 Å². The van der Waals surface area contributed by atoms with Gasteiger partial charge in [-0.05, 0) is 48.9 Å². The number of nitrogens with zero attached hydrogens (tertiary/aromatic N) is 2. The minimum atomic E-state index is -4.85. The number of halogens is 4. The molecule has 0 amide bonds. The van der Waals surface area contributed by atoms with E-state index in [0.29, 0.717) is 28.2 Å². The van der Waals surface area contributed by atoms with E-state index in [1.54, 1.807) is 36.4 Å². The second-order valence-corrected chi connectivity index (χ2v) is 12.5. The van der Waals surface area contributed by atoms with Gasteiger partial charge in [0, 0.05) is 40.9 Å². The molecule has 38 heavy (non-hydrogen) atoms. The molecule has 204 valence electrons. The Kier molecular flexibility index (Phi) is 8.39. The third kappa shape index (κ3) is 5.84. The van der Waals surface area contributed by atoms with Crippen LogP contribution in [-0.4, -0.2) is 55.4 Å². The van der Waals surface area contributed by atoms with Gasteiger partial charge < -0.3 is 10.0 Å². The lowest BCUT2D eigenvalue weighted by molar-refractivity contribution is -0.258. The number of sulfonamides is 1. The molecule has 0 bridgehead atoms. The number of hydrogen-bond acceptors (Lipinski definition) is 6. The van der Waals surface area contributed by atoms with Crippen LogP contribution in [0.4, 0.5) is 23.2 Å². The monoisotopic (exact) mass is 586 g/mol. The predicted molar refractivity (Wildman–Crippen MR) is 143 cm³/mol. The van der Waals surface area contributed by atoms with Gasteiger partial charge >= 0.3 is 6.18 Å². The smallest absolute Gasteiger partial charge is 0.376 e. The van der Waals surface area contributed by atoms with E-state index in [-0.39, 0.29) is 30.1 Å². The van der Waals surface area contributed by atoms with Gasteiger partial charge in [0.2, 0.25) is 10.0 Å². The first-order valence-corrected chi connectivity index (χ1v) is 14.5. The normalized spacial score (nSPS) is 18.8. The van der Waals surface area contributed by atoms with Crippen LogP contribution in [0, 0.1) is 5.82 Å². The van der Waals surface area contributed by atoms with Crippen molar-refractivity contribution >= 4 is 40.1 Å². The number of alkyl halides is 3. The SMILES string of the molecule is CC(O)(c1ccc(N2CCN(S(=O)(=O)c3ccccc3S)C[C@@H]2CSc2ccccc2F)cc1)C(F)(F)F. The van der Waals surface area contributed by atoms with Gasteiger partial charge in [-0.25, -0.2) is 12.8 Å². The molecule has 0 spiro atoms. The largest absolute Gasteiger partial charge is 0.421 e. The lowest BCUT2D eigenvalue weighted by atomic mass is 9.95. The molecular weight excluding hydrogens is 560 g/mol. The Morgan fingerprint density at radius 2 is 1.63 bits per heavy atom. The Morgan fingerprint density at radius 3 is 2.26 bits per heavy atom. The molecule has 2 atom stereocenters. The zero-order valence-electron chi connectivity index (χ0n) is 20.3. The number of thioether (sulfide) groups is 1. The van der Waals surface area contributed by atoms with Crippen LogP contribution >= 0.6 is 24.4 Å². The standard InChI is InChI=1S/C26H26F4N2O3S3/c1-25(33,26(28,29)30)18-10-12-19(13-11-18)32-15-14-31(38(34,35)24-9-5-3-7-22(24)36)16-20(32)17-37-23-8-4-2-6-21(23)27/h2-13,20,33,36H,14-17H2,1H3/t20-,25?/m1/s1. The summed E-state index contributed by atoms with van der Waals surface area (Å²) >= 11 is 5.53. The highest BCUT2D eigenvalue weighted by Crippen LogP contribution is 2.39. The second-order valence-electron chi connectivity index (χ2n) is 9.04. The highest BCUT2D eigenvalue weighted by Gasteiger charge is 2.51. The summed E-state index contributed by atoms with van der Waals surface area (Å²) in [5, 5.41) is 10.0. The highest BCUT2D eigenvalue weighted by atomic mass is 32.2. The van der Waals surface area contributed by atoms with Gasteiger partial charge in [-0.1, -0.05) is 36.4 Å². The van der Waals surface area contributed by atoms with Crippen molar-refractivity contribution in [1.82, 2.24) is 4.31 Å². The predicted octanol–water partition coefficient (Wildman–Crippen LogP) is 5.56. The van der Waals surface area contributed by atoms with Gasteiger partial charge in [0.05, 0.1) is 10.9 Å². The van der Waals surface area contributed by atoms with Crippen LogP contribution in [0.25, 0.3) is 0 Å². The first-order valence-electron chi connectivity index (χ1n) is 11.6. The van der Waals surface area contributed by atoms with Gasteiger partial charge in [0.1, 0.15) is 5.82 Å². The van der Waals surface area contributed by atoms with Crippen LogP contribution in [0.2, 0.25) is 0 Å². The van der Waals surface area contributed by atoms with Crippen LogP contribution in [0.5, 0.6) is 0 Å². The molecular formula is C26H26F4N2O3S3. The first kappa shape index (κ1) is 28.8. The third-order valence-electron chi connectivity index (χ3n) is 6.51. The number of benzene rings is 3. The molecule has 1 saturated heterocycles. The molecule has 0 aliphatic carbocycles. The average Bonchev–Trinajstić information content (AvgIpc) is 2.87. The molecule has 1 aliphatic heterocycles. The van der Waals surface area contributed by atoms with Crippen molar-refractivity contribution in [3.05, 3.63) is 84.2 Å². The fraction of sp³-hybridized carbons (Fsp3) is 0.308. The topological polar surface area (TPSA) is 60.9 Å². The number of thiol groups is 1. The Balaban J connectivity index is 1.63. The number of rotatable bonds is 7. The van der Waals surface area contributed by atoms with Crippen LogP contribution in [0.1, 0.15) is 12.5 Å². The highest BCUT2D eigenvalue weighted by molar-refractivity contribution is 7.99. The van der Waals surface area contributed by atoms with E-state index in [9.17, 15) is 31.1 Å². The summed E-state index contributed by atoms with van der Waals surface area (Å²) in [6, 6.07) is 17.6. The quantitative estimate of drug-likeness (QED) is 0.216. The number of hydrogen-bond donors (Lipinski definition) is 2. The van der Waals surface area contributed by atoms with Crippen LogP contribution in [0.15, 0.2) is 87.5 Å². The van der Waals surface area contributed by atoms with E-state index in [4.69, 9.17) is 0 Å². The second kappa shape index (κ2) is 11.1. The molecule has 3 aromatic carbocycles. The maximum Gasteiger partial charge on any atom is 0.421 e. The Labute approximate surface area is 228 Å². The first-order chi connectivity index (χ1) is 17.8. The van der Waals surface area contributed by atoms with Gasteiger partial charge in [-0.3, -0.25) is 0 Å². The van der Waals surface area contributed by atoms with Crippen molar-refractivity contribution in [1.29, 1.82) is 0 Å². The zero-order valence-corrected chi connectivity index (χ0v) is 22.8. The molecule has 3 aromatic rings. The molecule has 0 radical (unpaired) electrons. The lowest BCUT2D eigenvalue weighted by Crippen LogP contribution is -2.56. The summed E-state index contributed by atoms with van der Waals surface area (Å²) in [5.74, 6) is -0.0793. The van der Waals surface area contributed by atoms with Crippen molar-refractivity contribution in [2.24, 2.45) is 0 Å². The van der Waals surface area contributed by atoms with Crippen molar-refractivity contribution in [2.45, 2.75) is 39.4 Å². The summed E-state index contributed by atoms with van der Waals surface area (Å²) in [6.45, 7) is 1.16. The van der Waals surface area contributed by atoms with Crippen LogP contribution in [0.3, 0.4) is 0 Å². The van der Waals surface area contributed by atoms with Crippen molar-refractivity contribution in [2.75, 3.05) is 30.3 Å². The number of aliphatic hydroxyl groups is 1. The molecule has 4 rings (SSSR count). The number of piperazine rings is 1. The summed E-state index contributed by atoms with van der Waals surface area (Å²) in [7, 11) is -3.88.